The van der Waals surface area contributed by atoms with Gasteiger partial charge in [0.25, 0.3) is 5.91 Å². The maximum Gasteiger partial charge on any atom is 0.251 e. The second-order valence-electron chi connectivity index (χ2n) is 7.07. The molecule has 3 aromatic rings. The summed E-state index contributed by atoms with van der Waals surface area (Å²) in [7, 11) is -3.60. The van der Waals surface area contributed by atoms with E-state index in [1.54, 1.807) is 4.68 Å². The lowest BCUT2D eigenvalue weighted by molar-refractivity contribution is 0.0730. The third kappa shape index (κ3) is 4.63. The molecule has 1 saturated heterocycles. The molecule has 1 aromatic heterocycles. The van der Waals surface area contributed by atoms with E-state index in [-0.39, 0.29) is 17.3 Å². The molecule has 10 nitrogen and oxygen atoms in total. The van der Waals surface area contributed by atoms with Gasteiger partial charge in [-0.25, -0.2) is 8.42 Å². The number of morpholine rings is 1. The fourth-order valence-corrected chi connectivity index (χ4v) is 4.59. The third-order valence-corrected chi connectivity index (χ3v) is 6.86. The molecule has 1 fully saturated rings. The van der Waals surface area contributed by atoms with E-state index in [4.69, 9.17) is 4.74 Å². The molecule has 0 aliphatic carbocycles. The van der Waals surface area contributed by atoms with E-state index in [0.717, 1.165) is 11.3 Å². The zero-order chi connectivity index (χ0) is 21.8. The normalized spacial score (nSPS) is 15.0. The van der Waals surface area contributed by atoms with E-state index in [9.17, 15) is 13.2 Å². The number of sulfonamides is 1. The Morgan fingerprint density at radius 1 is 1.06 bits per heavy atom. The highest BCUT2D eigenvalue weighted by atomic mass is 32.2. The van der Waals surface area contributed by atoms with Gasteiger partial charge in [0.05, 0.1) is 30.3 Å². The minimum absolute atomic E-state index is 0.119. The lowest BCUT2D eigenvalue weighted by Gasteiger charge is -2.26. The predicted octanol–water partition coefficient (Wildman–Crippen LogP) is 0.922. The van der Waals surface area contributed by atoms with Crippen LogP contribution in [0, 0.1) is 6.92 Å². The van der Waals surface area contributed by atoms with E-state index < -0.39 is 10.0 Å². The smallest absolute Gasteiger partial charge is 0.251 e. The van der Waals surface area contributed by atoms with E-state index in [1.807, 2.05) is 31.2 Å². The standard InChI is InChI=1S/C20H22N6O4S/c1-15-2-6-17(7-3-15)26-19(22-23-24-26)14-21-20(27)16-4-8-18(9-5-16)31(28,29)25-10-12-30-13-11-25/h2-9H,10-14H2,1H3,(H,21,27). The number of nitrogens with one attached hydrogen (secondary N) is 1. The van der Waals surface area contributed by atoms with Crippen LogP contribution >= 0.6 is 0 Å². The summed E-state index contributed by atoms with van der Waals surface area (Å²) in [4.78, 5) is 12.7. The van der Waals surface area contributed by atoms with Crippen LogP contribution in [0.1, 0.15) is 21.7 Å². The van der Waals surface area contributed by atoms with Gasteiger partial charge in [0, 0.05) is 18.7 Å². The maximum absolute atomic E-state index is 12.7. The predicted molar refractivity (Wildman–Crippen MR) is 111 cm³/mol. The van der Waals surface area contributed by atoms with Crippen molar-refractivity contribution in [1.29, 1.82) is 0 Å². The van der Waals surface area contributed by atoms with Crippen molar-refractivity contribution in [2.75, 3.05) is 26.3 Å². The largest absolute Gasteiger partial charge is 0.379 e. The molecule has 0 atom stereocenters. The molecular weight excluding hydrogens is 420 g/mol. The Morgan fingerprint density at radius 2 is 1.74 bits per heavy atom. The number of carbonyl (C=O) groups is 1. The number of tetrazole rings is 1. The van der Waals surface area contributed by atoms with Crippen LogP contribution in [0.4, 0.5) is 0 Å². The molecule has 1 aliphatic heterocycles. The van der Waals surface area contributed by atoms with Gasteiger partial charge in [0.1, 0.15) is 0 Å². The summed E-state index contributed by atoms with van der Waals surface area (Å²) in [6.45, 7) is 3.50. The summed E-state index contributed by atoms with van der Waals surface area (Å²) in [5, 5.41) is 14.4. The van der Waals surface area contributed by atoms with Crippen LogP contribution in [0.2, 0.25) is 0 Å². The van der Waals surface area contributed by atoms with Crippen molar-refractivity contribution < 1.29 is 17.9 Å². The van der Waals surface area contributed by atoms with Gasteiger partial charge in [-0.1, -0.05) is 17.7 Å². The molecule has 1 N–H and O–H groups in total. The minimum atomic E-state index is -3.60. The number of ether oxygens (including phenoxy) is 1. The first-order chi connectivity index (χ1) is 14.9. The zero-order valence-corrected chi connectivity index (χ0v) is 17.7. The number of nitrogens with zero attached hydrogens (tertiary/aromatic N) is 5. The topological polar surface area (TPSA) is 119 Å². The van der Waals surface area contributed by atoms with Crippen LogP contribution in [-0.2, 0) is 21.3 Å². The van der Waals surface area contributed by atoms with E-state index in [0.29, 0.717) is 37.7 Å². The average Bonchev–Trinajstić information content (AvgIpc) is 3.27. The van der Waals surface area contributed by atoms with Crippen LogP contribution in [0.5, 0.6) is 0 Å². The molecule has 1 amide bonds. The second-order valence-corrected chi connectivity index (χ2v) is 9.00. The first-order valence-corrected chi connectivity index (χ1v) is 11.2. The number of aromatic nitrogens is 4. The Morgan fingerprint density at radius 3 is 2.42 bits per heavy atom. The van der Waals surface area contributed by atoms with Gasteiger partial charge in [0.2, 0.25) is 10.0 Å². The Hall–Kier alpha value is -3.15. The lowest BCUT2D eigenvalue weighted by atomic mass is 10.2. The monoisotopic (exact) mass is 442 g/mol. The molecule has 4 rings (SSSR count). The Kier molecular flexibility index (Phi) is 6.07. The number of amides is 1. The summed E-state index contributed by atoms with van der Waals surface area (Å²) < 4.78 is 33.5. The Bertz CT molecular complexity index is 1150. The average molecular weight is 443 g/mol. The van der Waals surface area contributed by atoms with Gasteiger partial charge in [-0.15, -0.1) is 5.10 Å². The van der Waals surface area contributed by atoms with Gasteiger partial charge in [-0.3, -0.25) is 4.79 Å². The van der Waals surface area contributed by atoms with E-state index in [1.165, 1.54) is 28.6 Å². The van der Waals surface area contributed by atoms with Crippen LogP contribution in [0.3, 0.4) is 0 Å². The van der Waals surface area contributed by atoms with Crippen molar-refractivity contribution in [3.8, 4) is 5.69 Å². The molecule has 0 bridgehead atoms. The van der Waals surface area contributed by atoms with E-state index in [2.05, 4.69) is 20.8 Å². The molecule has 162 valence electrons. The van der Waals surface area contributed by atoms with Crippen molar-refractivity contribution >= 4 is 15.9 Å². The molecule has 31 heavy (non-hydrogen) atoms. The van der Waals surface area contributed by atoms with Crippen molar-refractivity contribution in [3.05, 3.63) is 65.5 Å². The summed E-state index contributed by atoms with van der Waals surface area (Å²) in [5.74, 6) is 0.123. The molecule has 0 saturated carbocycles. The molecule has 11 heteroatoms. The molecule has 2 aromatic carbocycles. The molecule has 1 aliphatic rings. The highest BCUT2D eigenvalue weighted by Crippen LogP contribution is 2.18. The SMILES string of the molecule is Cc1ccc(-n2nnnc2CNC(=O)c2ccc(S(=O)(=O)N3CCOCC3)cc2)cc1. The van der Waals surface area contributed by atoms with Crippen molar-refractivity contribution in [1.82, 2.24) is 29.8 Å². The minimum Gasteiger partial charge on any atom is -0.379 e. The first kappa shape index (κ1) is 21.1. The number of hydrogen-bond acceptors (Lipinski definition) is 7. The summed E-state index contributed by atoms with van der Waals surface area (Å²) in [6, 6.07) is 13.6. The molecule has 0 unspecified atom stereocenters. The quantitative estimate of drug-likeness (QED) is 0.603. The van der Waals surface area contributed by atoms with Gasteiger partial charge in [-0.2, -0.15) is 8.99 Å². The maximum atomic E-state index is 12.7. The van der Waals surface area contributed by atoms with Crippen LogP contribution in [-0.4, -0.2) is 65.1 Å². The lowest BCUT2D eigenvalue weighted by Crippen LogP contribution is -2.40. The molecule has 2 heterocycles. The molecular formula is C20H22N6O4S. The fourth-order valence-electron chi connectivity index (χ4n) is 3.18. The van der Waals surface area contributed by atoms with Crippen LogP contribution in [0.25, 0.3) is 5.69 Å². The number of carbonyl (C=O) groups excluding carboxylic acids is 1. The highest BCUT2D eigenvalue weighted by Gasteiger charge is 2.26. The second kappa shape index (κ2) is 8.92. The Labute approximate surface area is 179 Å². The fraction of sp³-hybridized carbons (Fsp3) is 0.300. The third-order valence-electron chi connectivity index (χ3n) is 4.94. The first-order valence-electron chi connectivity index (χ1n) is 9.75. The van der Waals surface area contributed by atoms with Gasteiger partial charge in [0.15, 0.2) is 5.82 Å². The van der Waals surface area contributed by atoms with Gasteiger partial charge in [-0.05, 0) is 53.7 Å². The van der Waals surface area contributed by atoms with Crippen molar-refractivity contribution in [3.63, 3.8) is 0 Å². The Balaban J connectivity index is 1.42. The zero-order valence-electron chi connectivity index (χ0n) is 16.9. The van der Waals surface area contributed by atoms with E-state index >= 15 is 0 Å². The van der Waals surface area contributed by atoms with Crippen molar-refractivity contribution in [2.45, 2.75) is 18.4 Å². The molecule has 0 spiro atoms. The molecule has 0 radical (unpaired) electrons. The highest BCUT2D eigenvalue weighted by molar-refractivity contribution is 7.89. The summed E-state index contributed by atoms with van der Waals surface area (Å²) in [6.07, 6.45) is 0. The van der Waals surface area contributed by atoms with Crippen molar-refractivity contribution in [2.24, 2.45) is 0 Å². The number of hydrogen-bond donors (Lipinski definition) is 1. The van der Waals surface area contributed by atoms with Crippen LogP contribution < -0.4 is 5.32 Å². The number of rotatable bonds is 6. The summed E-state index contributed by atoms with van der Waals surface area (Å²) >= 11 is 0. The van der Waals surface area contributed by atoms with Crippen LogP contribution in [0.15, 0.2) is 53.4 Å². The number of benzene rings is 2. The summed E-state index contributed by atoms with van der Waals surface area (Å²) in [5.41, 5.74) is 2.25. The van der Waals surface area contributed by atoms with Gasteiger partial charge < -0.3 is 10.1 Å². The number of aryl methyl sites for hydroxylation is 1. The van der Waals surface area contributed by atoms with Gasteiger partial charge >= 0.3 is 0 Å².